The number of rotatable bonds is 5. The summed E-state index contributed by atoms with van der Waals surface area (Å²) in [6.45, 7) is 4.27. The molecule has 4 nitrogen and oxygen atoms in total. The van der Waals surface area contributed by atoms with Crippen LogP contribution >= 0.6 is 0 Å². The molecule has 0 heterocycles. The molecule has 2 N–H and O–H groups in total. The van der Waals surface area contributed by atoms with Crippen LogP contribution in [0.4, 0.5) is 0 Å². The molecule has 0 rings (SSSR count). The predicted octanol–water partition coefficient (Wildman–Crippen LogP) is -0.0916. The maximum atomic E-state index is 10.7. The lowest BCUT2D eigenvalue weighted by Crippen LogP contribution is -2.38. The molecule has 0 saturated heterocycles. The van der Waals surface area contributed by atoms with Crippen molar-refractivity contribution in [2.24, 2.45) is 0 Å². The van der Waals surface area contributed by atoms with Gasteiger partial charge < -0.3 is 15.2 Å². The lowest BCUT2D eigenvalue weighted by atomic mass is 10.2. The number of ether oxygens (including phenoxy) is 1. The number of carbonyl (C=O) groups is 1. The Morgan fingerprint density at radius 1 is 1.67 bits per heavy atom. The van der Waals surface area contributed by atoms with E-state index in [0.29, 0.717) is 6.04 Å². The number of nitrogens with one attached hydrogen (secondary N) is 1. The number of methoxy groups -OCH3 is 1. The van der Waals surface area contributed by atoms with E-state index >= 15 is 0 Å². The zero-order valence-electron chi connectivity index (χ0n) is 7.83. The average molecular weight is 175 g/mol. The van der Waals surface area contributed by atoms with Gasteiger partial charge in [0.1, 0.15) is 0 Å². The van der Waals surface area contributed by atoms with E-state index in [9.17, 15) is 4.79 Å². The van der Waals surface area contributed by atoms with Crippen LogP contribution in [0.3, 0.4) is 0 Å². The molecule has 2 unspecified atom stereocenters. The van der Waals surface area contributed by atoms with Crippen molar-refractivity contribution in [1.29, 1.82) is 0 Å². The van der Waals surface area contributed by atoms with Crippen molar-refractivity contribution < 1.29 is 14.6 Å². The highest BCUT2D eigenvalue weighted by Crippen LogP contribution is 1.90. The standard InChI is InChI=1S/C8H17NO3/c1-4-6(2)9-5-7(10)8(11)12-3/h6-7,9-10H,4-5H2,1-3H3. The van der Waals surface area contributed by atoms with Gasteiger partial charge in [-0.1, -0.05) is 6.92 Å². The first-order valence-electron chi connectivity index (χ1n) is 4.11. The fraction of sp³-hybridized carbons (Fsp3) is 0.875. The predicted molar refractivity (Wildman–Crippen MR) is 45.8 cm³/mol. The minimum Gasteiger partial charge on any atom is -0.467 e. The Morgan fingerprint density at radius 3 is 2.67 bits per heavy atom. The largest absolute Gasteiger partial charge is 0.467 e. The smallest absolute Gasteiger partial charge is 0.336 e. The second-order valence-corrected chi connectivity index (χ2v) is 2.76. The number of hydrogen-bond acceptors (Lipinski definition) is 4. The van der Waals surface area contributed by atoms with E-state index in [2.05, 4.69) is 10.1 Å². The van der Waals surface area contributed by atoms with Crippen molar-refractivity contribution in [3.05, 3.63) is 0 Å². The first kappa shape index (κ1) is 11.4. The fourth-order valence-electron chi connectivity index (χ4n) is 0.677. The summed E-state index contributed by atoms with van der Waals surface area (Å²) in [6.07, 6.45) is -0.0857. The second kappa shape index (κ2) is 5.97. The lowest BCUT2D eigenvalue weighted by Gasteiger charge is -2.13. The Hall–Kier alpha value is -0.610. The molecule has 12 heavy (non-hydrogen) atoms. The molecule has 0 amide bonds. The van der Waals surface area contributed by atoms with Crippen LogP contribution in [0, 0.1) is 0 Å². The van der Waals surface area contributed by atoms with Gasteiger partial charge in [0.2, 0.25) is 0 Å². The van der Waals surface area contributed by atoms with E-state index in [0.717, 1.165) is 6.42 Å². The van der Waals surface area contributed by atoms with Gasteiger partial charge in [0.25, 0.3) is 0 Å². The van der Waals surface area contributed by atoms with Crippen molar-refractivity contribution >= 4 is 5.97 Å². The van der Waals surface area contributed by atoms with Crippen molar-refractivity contribution in [3.8, 4) is 0 Å². The van der Waals surface area contributed by atoms with E-state index in [4.69, 9.17) is 5.11 Å². The minimum atomic E-state index is -1.05. The summed E-state index contributed by atoms with van der Waals surface area (Å²) in [5, 5.41) is 12.1. The van der Waals surface area contributed by atoms with Gasteiger partial charge in [-0.05, 0) is 13.3 Å². The van der Waals surface area contributed by atoms with Gasteiger partial charge >= 0.3 is 5.97 Å². The highest BCUT2D eigenvalue weighted by atomic mass is 16.5. The van der Waals surface area contributed by atoms with E-state index < -0.39 is 12.1 Å². The number of hydrogen-bond donors (Lipinski definition) is 2. The molecule has 72 valence electrons. The molecule has 0 aliphatic carbocycles. The van der Waals surface area contributed by atoms with Crippen LogP contribution in [0.25, 0.3) is 0 Å². The molecule has 0 saturated carbocycles. The summed E-state index contributed by atoms with van der Waals surface area (Å²) in [7, 11) is 1.26. The third-order valence-corrected chi connectivity index (χ3v) is 1.75. The third kappa shape index (κ3) is 4.31. The van der Waals surface area contributed by atoms with Gasteiger partial charge in [-0.2, -0.15) is 0 Å². The number of aliphatic hydroxyl groups excluding tert-OH is 1. The number of carbonyl (C=O) groups excluding carboxylic acids is 1. The Labute approximate surface area is 72.9 Å². The van der Waals surface area contributed by atoms with Crippen LogP contribution < -0.4 is 5.32 Å². The van der Waals surface area contributed by atoms with Crippen LogP contribution in [-0.4, -0.2) is 36.9 Å². The van der Waals surface area contributed by atoms with Crippen molar-refractivity contribution in [1.82, 2.24) is 5.32 Å². The zero-order chi connectivity index (χ0) is 9.56. The molecule has 0 aromatic heterocycles. The molecular weight excluding hydrogens is 158 g/mol. The summed E-state index contributed by atoms with van der Waals surface area (Å²) in [4.78, 5) is 10.7. The van der Waals surface area contributed by atoms with E-state index in [-0.39, 0.29) is 6.54 Å². The summed E-state index contributed by atoms with van der Waals surface area (Å²) in [5.41, 5.74) is 0. The van der Waals surface area contributed by atoms with Crippen LogP contribution in [0.2, 0.25) is 0 Å². The molecule has 0 radical (unpaired) electrons. The second-order valence-electron chi connectivity index (χ2n) is 2.76. The average Bonchev–Trinajstić information content (AvgIpc) is 2.11. The van der Waals surface area contributed by atoms with Gasteiger partial charge in [-0.25, -0.2) is 4.79 Å². The Morgan fingerprint density at radius 2 is 2.25 bits per heavy atom. The lowest BCUT2D eigenvalue weighted by molar-refractivity contribution is -0.150. The quantitative estimate of drug-likeness (QED) is 0.573. The first-order valence-corrected chi connectivity index (χ1v) is 4.11. The van der Waals surface area contributed by atoms with Crippen molar-refractivity contribution in [3.63, 3.8) is 0 Å². The van der Waals surface area contributed by atoms with E-state index in [1.165, 1.54) is 7.11 Å². The van der Waals surface area contributed by atoms with Crippen LogP contribution in [0.1, 0.15) is 20.3 Å². The maximum Gasteiger partial charge on any atom is 0.336 e. The van der Waals surface area contributed by atoms with Gasteiger partial charge in [-0.3, -0.25) is 0 Å². The topological polar surface area (TPSA) is 58.6 Å². The summed E-state index contributed by atoms with van der Waals surface area (Å²) in [5.74, 6) is -0.592. The van der Waals surface area contributed by atoms with Crippen LogP contribution in [0.15, 0.2) is 0 Å². The molecule has 2 atom stereocenters. The molecule has 0 aliphatic rings. The van der Waals surface area contributed by atoms with Crippen LogP contribution in [0.5, 0.6) is 0 Å². The summed E-state index contributed by atoms with van der Waals surface area (Å²) < 4.78 is 4.35. The molecule has 0 aliphatic heterocycles. The zero-order valence-corrected chi connectivity index (χ0v) is 7.83. The van der Waals surface area contributed by atoms with Crippen LogP contribution in [-0.2, 0) is 9.53 Å². The monoisotopic (exact) mass is 175 g/mol. The molecule has 0 spiro atoms. The Balaban J connectivity index is 3.56. The van der Waals surface area contributed by atoms with Crippen molar-refractivity contribution in [2.45, 2.75) is 32.4 Å². The van der Waals surface area contributed by atoms with Gasteiger partial charge in [0, 0.05) is 12.6 Å². The fourth-order valence-corrected chi connectivity index (χ4v) is 0.677. The minimum absolute atomic E-state index is 0.252. The summed E-state index contributed by atoms with van der Waals surface area (Å²) >= 11 is 0. The molecule has 0 aromatic rings. The normalized spacial score (nSPS) is 15.3. The molecular formula is C8H17NO3. The highest BCUT2D eigenvalue weighted by Gasteiger charge is 2.14. The summed E-state index contributed by atoms with van der Waals surface area (Å²) in [6, 6.07) is 0.310. The molecule has 0 aromatic carbocycles. The first-order chi connectivity index (χ1) is 5.61. The number of esters is 1. The van der Waals surface area contributed by atoms with E-state index in [1.54, 1.807) is 0 Å². The van der Waals surface area contributed by atoms with Gasteiger partial charge in [0.05, 0.1) is 7.11 Å². The molecule has 0 fully saturated rings. The Bertz CT molecular complexity index is 138. The van der Waals surface area contributed by atoms with E-state index in [1.807, 2.05) is 13.8 Å². The van der Waals surface area contributed by atoms with Gasteiger partial charge in [-0.15, -0.1) is 0 Å². The van der Waals surface area contributed by atoms with Crippen molar-refractivity contribution in [2.75, 3.05) is 13.7 Å². The molecule has 4 heteroatoms. The highest BCUT2D eigenvalue weighted by molar-refractivity contribution is 5.74. The van der Waals surface area contributed by atoms with Gasteiger partial charge in [0.15, 0.2) is 6.10 Å². The SMILES string of the molecule is CCC(C)NCC(O)C(=O)OC. The third-order valence-electron chi connectivity index (χ3n) is 1.75. The Kier molecular flexibility index (Phi) is 5.66. The maximum absolute atomic E-state index is 10.7. The molecule has 0 bridgehead atoms. The number of aliphatic hydroxyl groups is 1.